The molecule has 0 amide bonds. The lowest BCUT2D eigenvalue weighted by Gasteiger charge is -2.30. The van der Waals surface area contributed by atoms with Crippen LogP contribution in [0, 0.1) is 9.54 Å². The van der Waals surface area contributed by atoms with E-state index in [1.807, 2.05) is 8.80 Å². The van der Waals surface area contributed by atoms with Crippen molar-refractivity contribution >= 4 is 57.4 Å². The number of nitrogens with zero attached hydrogens (tertiary/aromatic N) is 4. The van der Waals surface area contributed by atoms with Crippen molar-refractivity contribution in [2.45, 2.75) is 32.5 Å². The van der Waals surface area contributed by atoms with Gasteiger partial charge in [0, 0.05) is 11.3 Å². The Balaban J connectivity index is 2.10. The Morgan fingerprint density at radius 3 is 2.74 bits per heavy atom. The summed E-state index contributed by atoms with van der Waals surface area (Å²) in [6.45, 7) is 4.81. The van der Waals surface area contributed by atoms with Crippen LogP contribution in [0.4, 0.5) is 0 Å². The molecule has 0 radical (unpaired) electrons. The fourth-order valence-electron chi connectivity index (χ4n) is 3.20. The number of thiophene rings is 1. The fraction of sp³-hybridized carbons (Fsp3) is 0.385. The third kappa shape index (κ3) is 1.71. The zero-order valence-corrected chi connectivity index (χ0v) is 14.8. The van der Waals surface area contributed by atoms with Crippen LogP contribution >= 0.6 is 35.8 Å². The van der Waals surface area contributed by atoms with Crippen molar-refractivity contribution in [1.82, 2.24) is 29.2 Å². The summed E-state index contributed by atoms with van der Waals surface area (Å²) in [6.07, 6.45) is 0.828. The third-order valence-electron chi connectivity index (χ3n) is 4.22. The standard InChI is InChI=1S/C13H12N6OS3/c1-13(2)3-5-6(4-20-13)23-9-7(5)8-14-16-11(21)18(8)10-15-17-12(22)19(9)10/h3-4H2,1-2H3,(H,16,21)(H,17,22). The minimum Gasteiger partial charge on any atom is -0.370 e. The van der Waals surface area contributed by atoms with Gasteiger partial charge in [0.2, 0.25) is 15.3 Å². The normalized spacial score (nSPS) is 17.3. The van der Waals surface area contributed by atoms with E-state index in [2.05, 4.69) is 34.2 Å². The molecule has 0 unspecified atom stereocenters. The molecule has 1 aliphatic rings. The maximum Gasteiger partial charge on any atom is 0.243 e. The van der Waals surface area contributed by atoms with Gasteiger partial charge in [0.25, 0.3) is 0 Å². The number of ether oxygens (including phenoxy) is 1. The number of fused-ring (bicyclic) bond motifs is 8. The van der Waals surface area contributed by atoms with Crippen LogP contribution in [0.3, 0.4) is 0 Å². The lowest BCUT2D eigenvalue weighted by atomic mass is 9.94. The number of rotatable bonds is 0. The molecule has 0 aliphatic carbocycles. The van der Waals surface area contributed by atoms with E-state index in [0.29, 0.717) is 21.9 Å². The predicted molar refractivity (Wildman–Crippen MR) is 92.3 cm³/mol. The van der Waals surface area contributed by atoms with E-state index in [1.54, 1.807) is 11.3 Å². The maximum atomic E-state index is 5.96. The molecule has 4 aromatic heterocycles. The summed E-state index contributed by atoms with van der Waals surface area (Å²) in [5.41, 5.74) is 1.87. The van der Waals surface area contributed by atoms with Crippen LogP contribution < -0.4 is 0 Å². The van der Waals surface area contributed by atoms with Crippen LogP contribution in [0.2, 0.25) is 0 Å². The van der Waals surface area contributed by atoms with Crippen molar-refractivity contribution in [2.75, 3.05) is 0 Å². The van der Waals surface area contributed by atoms with Gasteiger partial charge in [-0.25, -0.2) is 13.9 Å². The van der Waals surface area contributed by atoms with E-state index in [4.69, 9.17) is 29.2 Å². The first-order valence-corrected chi connectivity index (χ1v) is 8.74. The zero-order valence-electron chi connectivity index (χ0n) is 12.3. The second kappa shape index (κ2) is 4.26. The van der Waals surface area contributed by atoms with E-state index in [0.717, 1.165) is 22.3 Å². The molecule has 0 aromatic carbocycles. The quantitative estimate of drug-likeness (QED) is 0.469. The van der Waals surface area contributed by atoms with Crippen molar-refractivity contribution in [1.29, 1.82) is 0 Å². The van der Waals surface area contributed by atoms with Gasteiger partial charge in [0.15, 0.2) is 5.65 Å². The molecule has 2 N–H and O–H groups in total. The molecule has 0 saturated carbocycles. The lowest BCUT2D eigenvalue weighted by molar-refractivity contribution is -0.0379. The van der Waals surface area contributed by atoms with Gasteiger partial charge in [-0.05, 0) is 43.8 Å². The van der Waals surface area contributed by atoms with Crippen LogP contribution in [0.1, 0.15) is 24.3 Å². The summed E-state index contributed by atoms with van der Waals surface area (Å²) in [4.78, 5) is 2.25. The molecule has 118 valence electrons. The van der Waals surface area contributed by atoms with Crippen LogP contribution in [0.5, 0.6) is 0 Å². The number of hydrogen-bond acceptors (Lipinski definition) is 6. The third-order valence-corrected chi connectivity index (χ3v) is 5.96. The number of hydrogen-bond donors (Lipinski definition) is 2. The molecule has 1 aliphatic heterocycles. The first-order valence-electron chi connectivity index (χ1n) is 7.11. The molecule has 0 fully saturated rings. The summed E-state index contributed by atoms with van der Waals surface area (Å²) in [6, 6.07) is 0. The van der Waals surface area contributed by atoms with E-state index >= 15 is 0 Å². The van der Waals surface area contributed by atoms with Gasteiger partial charge in [-0.1, -0.05) is 0 Å². The molecule has 23 heavy (non-hydrogen) atoms. The van der Waals surface area contributed by atoms with Gasteiger partial charge in [0.1, 0.15) is 4.83 Å². The summed E-state index contributed by atoms with van der Waals surface area (Å²) in [7, 11) is 0. The van der Waals surface area contributed by atoms with E-state index in [1.165, 1.54) is 10.4 Å². The molecule has 0 spiro atoms. The number of aromatic nitrogens is 6. The second-order valence-electron chi connectivity index (χ2n) is 6.26. The first kappa shape index (κ1) is 13.8. The van der Waals surface area contributed by atoms with Gasteiger partial charge in [-0.15, -0.1) is 16.4 Å². The Labute approximate surface area is 143 Å². The Bertz CT molecular complexity index is 1220. The second-order valence-corrected chi connectivity index (χ2v) is 8.12. The van der Waals surface area contributed by atoms with Crippen LogP contribution in [0.25, 0.3) is 21.6 Å². The molecule has 5 heterocycles. The predicted octanol–water partition coefficient (Wildman–Crippen LogP) is 3.16. The lowest BCUT2D eigenvalue weighted by Crippen LogP contribution is -2.31. The number of nitrogens with one attached hydrogen (secondary N) is 2. The Morgan fingerprint density at radius 2 is 1.91 bits per heavy atom. The molecular weight excluding hydrogens is 352 g/mol. The smallest absolute Gasteiger partial charge is 0.243 e. The summed E-state index contributed by atoms with van der Waals surface area (Å²) in [5, 5.41) is 15.6. The molecule has 0 atom stereocenters. The molecule has 0 bridgehead atoms. The largest absolute Gasteiger partial charge is 0.370 e. The monoisotopic (exact) mass is 364 g/mol. The highest BCUT2D eigenvalue weighted by Gasteiger charge is 2.31. The van der Waals surface area contributed by atoms with Crippen molar-refractivity contribution in [3.05, 3.63) is 20.0 Å². The molecule has 4 aromatic rings. The van der Waals surface area contributed by atoms with Gasteiger partial charge in [0.05, 0.1) is 17.6 Å². The number of aromatic amines is 2. The van der Waals surface area contributed by atoms with Crippen LogP contribution in [0.15, 0.2) is 0 Å². The summed E-state index contributed by atoms with van der Waals surface area (Å²) < 4.78 is 10.8. The van der Waals surface area contributed by atoms with E-state index in [-0.39, 0.29) is 5.60 Å². The molecule has 5 rings (SSSR count). The summed E-state index contributed by atoms with van der Waals surface area (Å²) >= 11 is 12.5. The summed E-state index contributed by atoms with van der Waals surface area (Å²) in [5.74, 6) is 0.648. The molecule has 10 heteroatoms. The van der Waals surface area contributed by atoms with Crippen LogP contribution in [-0.4, -0.2) is 34.8 Å². The van der Waals surface area contributed by atoms with Gasteiger partial charge < -0.3 is 4.74 Å². The first-order chi connectivity index (χ1) is 11.0. The van der Waals surface area contributed by atoms with Crippen molar-refractivity contribution in [3.63, 3.8) is 0 Å². The molecule has 7 nitrogen and oxygen atoms in total. The van der Waals surface area contributed by atoms with Crippen molar-refractivity contribution < 1.29 is 4.74 Å². The molecule has 0 saturated heterocycles. The van der Waals surface area contributed by atoms with Gasteiger partial charge >= 0.3 is 0 Å². The van der Waals surface area contributed by atoms with Gasteiger partial charge in [-0.3, -0.25) is 5.10 Å². The highest BCUT2D eigenvalue weighted by Crippen LogP contribution is 2.40. The van der Waals surface area contributed by atoms with Crippen molar-refractivity contribution in [3.8, 4) is 0 Å². The minimum absolute atomic E-state index is 0.197. The van der Waals surface area contributed by atoms with Crippen LogP contribution in [-0.2, 0) is 17.8 Å². The zero-order chi connectivity index (χ0) is 15.9. The average Bonchev–Trinajstić information content (AvgIpc) is 3.14. The van der Waals surface area contributed by atoms with Gasteiger partial charge in [-0.2, -0.15) is 5.10 Å². The maximum absolute atomic E-state index is 5.96. The number of H-pyrrole nitrogens is 2. The minimum atomic E-state index is -0.197. The topological polar surface area (TPSA) is 75.4 Å². The molecular formula is C13H12N6OS3. The average molecular weight is 364 g/mol. The Hall–Kier alpha value is -1.62. The van der Waals surface area contributed by atoms with E-state index < -0.39 is 0 Å². The fourth-order valence-corrected chi connectivity index (χ4v) is 4.92. The Morgan fingerprint density at radius 1 is 1.17 bits per heavy atom. The van der Waals surface area contributed by atoms with E-state index in [9.17, 15) is 0 Å². The highest BCUT2D eigenvalue weighted by atomic mass is 32.1. The van der Waals surface area contributed by atoms with Crippen molar-refractivity contribution in [2.24, 2.45) is 0 Å². The Kier molecular flexibility index (Phi) is 2.55. The highest BCUT2D eigenvalue weighted by molar-refractivity contribution is 7.71. The SMILES string of the molecule is CC1(C)Cc2c(sc3c2c2n[nH]c(=S)n2c2n[nH]c(=S)n32)CO1.